The zero-order valence-corrected chi connectivity index (χ0v) is 18.7. The molecule has 0 unspecified atom stereocenters. The molecule has 1 aliphatic heterocycles. The Morgan fingerprint density at radius 3 is 2.72 bits per heavy atom. The summed E-state index contributed by atoms with van der Waals surface area (Å²) in [5, 5.41) is 2.85. The zero-order chi connectivity index (χ0) is 20.6. The molecule has 0 atom stereocenters. The molecule has 2 amide bonds. The van der Waals surface area contributed by atoms with Crippen LogP contribution in [0.2, 0.25) is 0 Å². The van der Waals surface area contributed by atoms with Crippen LogP contribution < -0.4 is 5.32 Å². The summed E-state index contributed by atoms with van der Waals surface area (Å²) >= 11 is 10.0. The van der Waals surface area contributed by atoms with Crippen molar-refractivity contribution < 1.29 is 9.59 Å². The predicted molar refractivity (Wildman–Crippen MR) is 127 cm³/mol. The van der Waals surface area contributed by atoms with Gasteiger partial charge >= 0.3 is 0 Å². The Labute approximate surface area is 188 Å². The Hall–Kier alpha value is -2.22. The molecule has 0 bridgehead atoms. The van der Waals surface area contributed by atoms with Crippen molar-refractivity contribution in [2.24, 2.45) is 0 Å². The van der Waals surface area contributed by atoms with Crippen LogP contribution in [0.5, 0.6) is 0 Å². The van der Waals surface area contributed by atoms with E-state index in [2.05, 4.69) is 21.2 Å². The van der Waals surface area contributed by atoms with E-state index in [-0.39, 0.29) is 11.8 Å². The lowest BCUT2D eigenvalue weighted by molar-refractivity contribution is -0.122. The predicted octanol–water partition coefficient (Wildman–Crippen LogP) is 5.63. The van der Waals surface area contributed by atoms with Crippen molar-refractivity contribution in [1.29, 1.82) is 0 Å². The lowest BCUT2D eigenvalue weighted by Crippen LogP contribution is -2.29. The zero-order valence-electron chi connectivity index (χ0n) is 15.5. The fourth-order valence-corrected chi connectivity index (χ4v) is 4.36. The number of carbonyl (C=O) groups is 2. The largest absolute Gasteiger partial charge is 0.326 e. The molecule has 1 N–H and O–H groups in total. The number of nitrogens with zero attached hydrogens (tertiary/aromatic N) is 1. The highest BCUT2D eigenvalue weighted by Gasteiger charge is 2.31. The lowest BCUT2D eigenvalue weighted by atomic mass is 10.2. The third-order valence-electron chi connectivity index (χ3n) is 4.10. The van der Waals surface area contributed by atoms with Crippen LogP contribution in [0.4, 0.5) is 5.69 Å². The first-order chi connectivity index (χ1) is 14.0. The molecule has 29 heavy (non-hydrogen) atoms. The first-order valence-corrected chi connectivity index (χ1v) is 11.1. The van der Waals surface area contributed by atoms with Gasteiger partial charge in [0.25, 0.3) is 5.91 Å². The number of halogens is 1. The average Bonchev–Trinajstić information content (AvgIpc) is 2.96. The summed E-state index contributed by atoms with van der Waals surface area (Å²) in [5.74, 6) is -0.194. The Balaban J connectivity index is 1.49. The summed E-state index contributed by atoms with van der Waals surface area (Å²) in [7, 11) is 0. The number of rotatable bonds is 7. The maximum absolute atomic E-state index is 12.6. The third kappa shape index (κ3) is 6.39. The minimum Gasteiger partial charge on any atom is -0.326 e. The number of carbonyl (C=O) groups excluding carboxylic acids is 2. The second-order valence-corrected chi connectivity index (χ2v) is 8.88. The fourth-order valence-electron chi connectivity index (χ4n) is 2.71. The molecule has 7 heteroatoms. The van der Waals surface area contributed by atoms with Gasteiger partial charge in [-0.1, -0.05) is 88.5 Å². The Bertz CT molecular complexity index is 974. The number of allylic oxidation sites excluding steroid dienone is 2. The highest BCUT2D eigenvalue weighted by molar-refractivity contribution is 9.10. The first-order valence-electron chi connectivity index (χ1n) is 9.05. The number of benzene rings is 2. The minimum atomic E-state index is -0.106. The van der Waals surface area contributed by atoms with Gasteiger partial charge in [-0.05, 0) is 36.3 Å². The number of hydrogen-bond donors (Lipinski definition) is 1. The van der Waals surface area contributed by atoms with Gasteiger partial charge in [-0.2, -0.15) is 0 Å². The van der Waals surface area contributed by atoms with Crippen LogP contribution >= 0.6 is 39.9 Å². The van der Waals surface area contributed by atoms with Crippen molar-refractivity contribution >= 4 is 67.8 Å². The number of nitrogens with one attached hydrogen (secondary N) is 1. The average molecular weight is 487 g/mol. The lowest BCUT2D eigenvalue weighted by Gasteiger charge is -2.14. The molecule has 2 aromatic carbocycles. The van der Waals surface area contributed by atoms with E-state index in [1.54, 1.807) is 11.0 Å². The van der Waals surface area contributed by atoms with E-state index in [1.165, 1.54) is 11.8 Å². The van der Waals surface area contributed by atoms with Crippen LogP contribution in [0.25, 0.3) is 6.08 Å². The van der Waals surface area contributed by atoms with E-state index in [0.29, 0.717) is 28.6 Å². The van der Waals surface area contributed by atoms with E-state index in [0.717, 1.165) is 15.7 Å². The van der Waals surface area contributed by atoms with Gasteiger partial charge in [-0.3, -0.25) is 14.5 Å². The highest BCUT2D eigenvalue weighted by atomic mass is 79.9. The van der Waals surface area contributed by atoms with Crippen LogP contribution in [0, 0.1) is 0 Å². The smallest absolute Gasteiger partial charge is 0.266 e. The number of thioether (sulfide) groups is 1. The van der Waals surface area contributed by atoms with Crippen molar-refractivity contribution in [3.05, 3.63) is 81.7 Å². The summed E-state index contributed by atoms with van der Waals surface area (Å²) in [6, 6.07) is 17.3. The molecule has 2 aromatic rings. The van der Waals surface area contributed by atoms with E-state index in [4.69, 9.17) is 12.2 Å². The number of hydrogen-bond acceptors (Lipinski definition) is 4. The number of anilines is 1. The molecule has 1 saturated heterocycles. The van der Waals surface area contributed by atoms with E-state index in [1.807, 2.05) is 66.7 Å². The molecule has 0 radical (unpaired) electrons. The van der Waals surface area contributed by atoms with Gasteiger partial charge in [0.2, 0.25) is 5.91 Å². The van der Waals surface area contributed by atoms with E-state index >= 15 is 0 Å². The first kappa shape index (κ1) is 21.5. The highest BCUT2D eigenvalue weighted by Crippen LogP contribution is 2.31. The molecule has 148 valence electrons. The van der Waals surface area contributed by atoms with Gasteiger partial charge in [-0.15, -0.1) is 0 Å². The maximum atomic E-state index is 12.6. The second-order valence-electron chi connectivity index (χ2n) is 6.29. The third-order valence-corrected chi connectivity index (χ3v) is 5.99. The van der Waals surface area contributed by atoms with Crippen LogP contribution in [-0.4, -0.2) is 27.6 Å². The van der Waals surface area contributed by atoms with Crippen molar-refractivity contribution in [1.82, 2.24) is 4.90 Å². The van der Waals surface area contributed by atoms with Gasteiger partial charge in [-0.25, -0.2) is 0 Å². The molecule has 1 aliphatic rings. The van der Waals surface area contributed by atoms with Gasteiger partial charge in [0.1, 0.15) is 4.32 Å². The Kier molecular flexibility index (Phi) is 7.80. The Morgan fingerprint density at radius 2 is 1.97 bits per heavy atom. The van der Waals surface area contributed by atoms with Crippen molar-refractivity contribution in [3.8, 4) is 0 Å². The van der Waals surface area contributed by atoms with Crippen LogP contribution in [0.3, 0.4) is 0 Å². The standard InChI is InChI=1S/C22H19BrN2O2S2/c23-17-10-5-11-18(15-17)24-20(26)13-6-14-25-21(27)19(29-22(25)28)12-4-9-16-7-2-1-3-8-16/h1-5,7-12,15H,6,13-14H2,(H,24,26). The summed E-state index contributed by atoms with van der Waals surface area (Å²) in [6.45, 7) is 0.427. The summed E-state index contributed by atoms with van der Waals surface area (Å²) in [6.07, 6.45) is 6.44. The number of thiocarbonyl (C=S) groups is 1. The normalized spacial score (nSPS) is 15.5. The topological polar surface area (TPSA) is 49.4 Å². The van der Waals surface area contributed by atoms with Crippen molar-refractivity contribution in [3.63, 3.8) is 0 Å². The summed E-state index contributed by atoms with van der Waals surface area (Å²) in [4.78, 5) is 26.8. The van der Waals surface area contributed by atoms with Crippen molar-refractivity contribution in [2.45, 2.75) is 12.8 Å². The van der Waals surface area contributed by atoms with E-state index in [9.17, 15) is 9.59 Å². The molecule has 4 nitrogen and oxygen atoms in total. The molecule has 1 heterocycles. The monoisotopic (exact) mass is 486 g/mol. The van der Waals surface area contributed by atoms with Gasteiger partial charge in [0, 0.05) is 23.1 Å². The molecular weight excluding hydrogens is 468 g/mol. The number of amides is 2. The molecule has 3 rings (SSSR count). The Morgan fingerprint density at radius 1 is 1.17 bits per heavy atom. The quantitative estimate of drug-likeness (QED) is 0.407. The van der Waals surface area contributed by atoms with Gasteiger partial charge in [0.15, 0.2) is 0 Å². The van der Waals surface area contributed by atoms with Crippen LogP contribution in [0.15, 0.2) is 76.1 Å². The molecule has 0 aliphatic carbocycles. The minimum absolute atomic E-state index is 0.0881. The molecule has 0 saturated carbocycles. The van der Waals surface area contributed by atoms with Gasteiger partial charge in [0.05, 0.1) is 4.91 Å². The maximum Gasteiger partial charge on any atom is 0.266 e. The van der Waals surface area contributed by atoms with Gasteiger partial charge < -0.3 is 5.32 Å². The summed E-state index contributed by atoms with van der Waals surface area (Å²) < 4.78 is 1.43. The molecule has 0 aromatic heterocycles. The van der Waals surface area contributed by atoms with E-state index < -0.39 is 0 Å². The van der Waals surface area contributed by atoms with Crippen LogP contribution in [-0.2, 0) is 9.59 Å². The molecule has 0 spiro atoms. The molecular formula is C22H19BrN2O2S2. The second kappa shape index (κ2) is 10.5. The summed E-state index contributed by atoms with van der Waals surface area (Å²) in [5.41, 5.74) is 1.80. The molecule has 1 fully saturated rings. The fraction of sp³-hybridized carbons (Fsp3) is 0.136. The SMILES string of the molecule is O=C(CCCN1C(=O)C(=CC=Cc2ccccc2)SC1=S)Nc1cccc(Br)c1. The van der Waals surface area contributed by atoms with Crippen molar-refractivity contribution in [2.75, 3.05) is 11.9 Å². The van der Waals surface area contributed by atoms with Crippen LogP contribution in [0.1, 0.15) is 18.4 Å².